The van der Waals surface area contributed by atoms with Gasteiger partial charge in [-0.25, -0.2) is 0 Å². The number of aromatic nitrogens is 2. The van der Waals surface area contributed by atoms with E-state index in [4.69, 9.17) is 5.26 Å². The summed E-state index contributed by atoms with van der Waals surface area (Å²) in [5, 5.41) is 24.1. The number of hydrogen-bond acceptors (Lipinski definition) is 5. The van der Waals surface area contributed by atoms with E-state index in [2.05, 4.69) is 11.2 Å². The van der Waals surface area contributed by atoms with E-state index in [9.17, 15) is 10.1 Å². The number of nitro groups is 1. The van der Waals surface area contributed by atoms with Gasteiger partial charge in [0.05, 0.1) is 16.2 Å². The van der Waals surface area contributed by atoms with Crippen molar-refractivity contribution < 1.29 is 4.92 Å². The average molecular weight is 257 g/mol. The van der Waals surface area contributed by atoms with Gasteiger partial charge in [0.25, 0.3) is 0 Å². The topological polar surface area (TPSA) is 88.0 Å². The number of aryl methyl sites for hydroxylation is 1. The van der Waals surface area contributed by atoms with Crippen molar-refractivity contribution in [3.63, 3.8) is 0 Å². The van der Waals surface area contributed by atoms with Crippen LogP contribution in [0.2, 0.25) is 0 Å². The summed E-state index contributed by atoms with van der Waals surface area (Å²) in [7, 11) is 3.26. The van der Waals surface area contributed by atoms with Crippen LogP contribution in [0.15, 0.2) is 30.5 Å². The molecule has 0 amide bonds. The first-order valence-electron chi connectivity index (χ1n) is 5.45. The zero-order valence-corrected chi connectivity index (χ0v) is 10.4. The van der Waals surface area contributed by atoms with Crippen LogP contribution >= 0.6 is 0 Å². The van der Waals surface area contributed by atoms with E-state index in [0.717, 1.165) is 0 Å². The third-order valence-electron chi connectivity index (χ3n) is 2.69. The Morgan fingerprint density at radius 2 is 2.16 bits per heavy atom. The second-order valence-electron chi connectivity index (χ2n) is 3.96. The van der Waals surface area contributed by atoms with Crippen LogP contribution in [-0.4, -0.2) is 21.8 Å². The lowest BCUT2D eigenvalue weighted by Gasteiger charge is -2.16. The van der Waals surface area contributed by atoms with E-state index in [1.807, 2.05) is 0 Å². The minimum absolute atomic E-state index is 0.0993. The molecule has 7 heteroatoms. The van der Waals surface area contributed by atoms with Gasteiger partial charge in [-0.3, -0.25) is 14.8 Å². The lowest BCUT2D eigenvalue weighted by Crippen LogP contribution is -2.13. The van der Waals surface area contributed by atoms with Crippen molar-refractivity contribution in [3.05, 3.63) is 46.1 Å². The standard InChI is InChI=1S/C12H11N5O2/c1-15-8-11(17(18)19)12(14-15)16(2)10-6-4-3-5-9(10)7-13/h3-6,8H,1-2H3. The summed E-state index contributed by atoms with van der Waals surface area (Å²) in [5.41, 5.74) is 0.912. The predicted octanol–water partition coefficient (Wildman–Crippen LogP) is 1.97. The Hall–Kier alpha value is -2.88. The van der Waals surface area contributed by atoms with Crippen LogP contribution in [-0.2, 0) is 7.05 Å². The van der Waals surface area contributed by atoms with Crippen molar-refractivity contribution in [2.75, 3.05) is 11.9 Å². The highest BCUT2D eigenvalue weighted by atomic mass is 16.6. The number of para-hydroxylation sites is 1. The van der Waals surface area contributed by atoms with Gasteiger partial charge in [-0.2, -0.15) is 5.26 Å². The maximum Gasteiger partial charge on any atom is 0.331 e. The molecule has 7 nitrogen and oxygen atoms in total. The fourth-order valence-electron chi connectivity index (χ4n) is 1.81. The number of rotatable bonds is 3. The maximum atomic E-state index is 11.0. The highest BCUT2D eigenvalue weighted by molar-refractivity contribution is 5.71. The molecule has 0 N–H and O–H groups in total. The van der Waals surface area contributed by atoms with Crippen LogP contribution in [0.3, 0.4) is 0 Å². The summed E-state index contributed by atoms with van der Waals surface area (Å²) in [6.45, 7) is 0. The molecular formula is C12H11N5O2. The number of hydrogen-bond donors (Lipinski definition) is 0. The SMILES string of the molecule is CN(c1ccccc1C#N)c1nn(C)cc1[N+](=O)[O-]. The second kappa shape index (κ2) is 4.78. The minimum atomic E-state index is -0.492. The average Bonchev–Trinajstić information content (AvgIpc) is 2.80. The Labute approximate surface area is 109 Å². The van der Waals surface area contributed by atoms with Gasteiger partial charge in [-0.05, 0) is 12.1 Å². The largest absolute Gasteiger partial charge is 0.331 e. The molecule has 19 heavy (non-hydrogen) atoms. The van der Waals surface area contributed by atoms with Gasteiger partial charge in [0.1, 0.15) is 12.3 Å². The quantitative estimate of drug-likeness (QED) is 0.619. The summed E-state index contributed by atoms with van der Waals surface area (Å²) in [5.74, 6) is 0.204. The summed E-state index contributed by atoms with van der Waals surface area (Å²) < 4.78 is 1.37. The van der Waals surface area contributed by atoms with Gasteiger partial charge in [0.2, 0.25) is 5.82 Å². The first-order valence-corrected chi connectivity index (χ1v) is 5.45. The molecule has 0 bridgehead atoms. The first-order chi connectivity index (χ1) is 9.04. The molecular weight excluding hydrogens is 246 g/mol. The molecule has 0 aliphatic rings. The van der Waals surface area contributed by atoms with Crippen LogP contribution in [0.25, 0.3) is 0 Å². The number of nitrogens with zero attached hydrogens (tertiary/aromatic N) is 5. The Balaban J connectivity index is 2.53. The molecule has 0 atom stereocenters. The molecule has 0 spiro atoms. The lowest BCUT2D eigenvalue weighted by molar-refractivity contribution is -0.384. The molecule has 1 aromatic carbocycles. The fourth-order valence-corrected chi connectivity index (χ4v) is 1.81. The molecule has 0 saturated heterocycles. The monoisotopic (exact) mass is 257 g/mol. The number of benzene rings is 1. The van der Waals surface area contributed by atoms with Crippen LogP contribution in [0.1, 0.15) is 5.56 Å². The van der Waals surface area contributed by atoms with Crippen LogP contribution in [0.5, 0.6) is 0 Å². The molecule has 0 fully saturated rings. The van der Waals surface area contributed by atoms with Gasteiger partial charge in [0.15, 0.2) is 0 Å². The van der Waals surface area contributed by atoms with Gasteiger partial charge >= 0.3 is 5.69 Å². The van der Waals surface area contributed by atoms with E-state index in [-0.39, 0.29) is 11.5 Å². The van der Waals surface area contributed by atoms with E-state index in [1.54, 1.807) is 38.4 Å². The second-order valence-corrected chi connectivity index (χ2v) is 3.96. The van der Waals surface area contributed by atoms with Crippen molar-refractivity contribution in [2.45, 2.75) is 0 Å². The van der Waals surface area contributed by atoms with Gasteiger partial charge < -0.3 is 4.90 Å². The van der Waals surface area contributed by atoms with Crippen molar-refractivity contribution in [1.82, 2.24) is 9.78 Å². The predicted molar refractivity (Wildman–Crippen MR) is 69.1 cm³/mol. The number of nitriles is 1. The van der Waals surface area contributed by atoms with Crippen molar-refractivity contribution in [1.29, 1.82) is 5.26 Å². The Bertz CT molecular complexity index is 671. The molecule has 1 aromatic heterocycles. The molecule has 0 radical (unpaired) electrons. The molecule has 2 rings (SSSR count). The highest BCUT2D eigenvalue weighted by Crippen LogP contribution is 2.32. The van der Waals surface area contributed by atoms with Gasteiger partial charge in [-0.1, -0.05) is 12.1 Å². The van der Waals surface area contributed by atoms with Crippen molar-refractivity contribution in [2.24, 2.45) is 7.05 Å². The van der Waals surface area contributed by atoms with E-state index in [0.29, 0.717) is 11.3 Å². The molecule has 0 saturated carbocycles. The number of anilines is 2. The van der Waals surface area contributed by atoms with Crippen LogP contribution in [0.4, 0.5) is 17.2 Å². The third-order valence-corrected chi connectivity index (χ3v) is 2.69. The Kier molecular flexibility index (Phi) is 3.16. The lowest BCUT2D eigenvalue weighted by atomic mass is 10.2. The summed E-state index contributed by atoms with van der Waals surface area (Å²) in [4.78, 5) is 12.0. The zero-order valence-electron chi connectivity index (χ0n) is 10.4. The molecule has 96 valence electrons. The van der Waals surface area contributed by atoms with Crippen LogP contribution < -0.4 is 4.90 Å². The smallest absolute Gasteiger partial charge is 0.321 e. The molecule has 0 aliphatic carbocycles. The van der Waals surface area contributed by atoms with Crippen molar-refractivity contribution >= 4 is 17.2 Å². The van der Waals surface area contributed by atoms with Gasteiger partial charge in [0, 0.05) is 14.1 Å². The maximum absolute atomic E-state index is 11.0. The highest BCUT2D eigenvalue weighted by Gasteiger charge is 2.23. The van der Waals surface area contributed by atoms with Gasteiger partial charge in [-0.15, -0.1) is 5.10 Å². The molecule has 0 aliphatic heterocycles. The van der Waals surface area contributed by atoms with Crippen LogP contribution in [0, 0.1) is 21.4 Å². The third kappa shape index (κ3) is 2.24. The summed E-state index contributed by atoms with van der Waals surface area (Å²) >= 11 is 0. The van der Waals surface area contributed by atoms with Crippen molar-refractivity contribution in [3.8, 4) is 6.07 Å². The zero-order chi connectivity index (χ0) is 14.0. The molecule has 2 aromatic rings. The van der Waals surface area contributed by atoms with E-state index >= 15 is 0 Å². The molecule has 1 heterocycles. The van der Waals surface area contributed by atoms with E-state index in [1.165, 1.54) is 15.8 Å². The Morgan fingerprint density at radius 3 is 2.79 bits per heavy atom. The normalized spacial score (nSPS) is 9.95. The molecule has 0 unspecified atom stereocenters. The summed E-state index contributed by atoms with van der Waals surface area (Å²) in [6, 6.07) is 8.93. The summed E-state index contributed by atoms with van der Waals surface area (Å²) in [6.07, 6.45) is 1.33. The Morgan fingerprint density at radius 1 is 1.47 bits per heavy atom. The minimum Gasteiger partial charge on any atom is -0.321 e. The van der Waals surface area contributed by atoms with E-state index < -0.39 is 4.92 Å². The fraction of sp³-hybridized carbons (Fsp3) is 0.167. The first kappa shape index (κ1) is 12.6.